The molecule has 1 heterocycles. The first-order valence-corrected chi connectivity index (χ1v) is 7.20. The Labute approximate surface area is 135 Å². The second-order valence-electron chi connectivity index (χ2n) is 3.88. The van der Waals surface area contributed by atoms with Gasteiger partial charge in [-0.1, -0.05) is 15.9 Å². The molecule has 0 saturated carbocycles. The van der Waals surface area contributed by atoms with E-state index in [0.717, 1.165) is 4.47 Å². The predicted molar refractivity (Wildman–Crippen MR) is 81.5 cm³/mol. The van der Waals surface area contributed by atoms with Gasteiger partial charge in [-0.25, -0.2) is 4.79 Å². The molecule has 1 amide bonds. The number of hydrogen-bond acceptors (Lipinski definition) is 4. The van der Waals surface area contributed by atoms with Crippen molar-refractivity contribution in [1.82, 2.24) is 10.2 Å². The number of aromatic amines is 1. The molecule has 7 nitrogen and oxygen atoms in total. The molecule has 0 bridgehead atoms. The lowest BCUT2D eigenvalue weighted by molar-refractivity contribution is -0.118. The Kier molecular flexibility index (Phi) is 4.97. The van der Waals surface area contributed by atoms with E-state index in [-0.39, 0.29) is 18.1 Å². The molecule has 0 spiro atoms. The van der Waals surface area contributed by atoms with Crippen LogP contribution in [0.1, 0.15) is 10.5 Å². The van der Waals surface area contributed by atoms with Crippen molar-refractivity contribution < 1.29 is 19.4 Å². The van der Waals surface area contributed by atoms with Gasteiger partial charge in [0.25, 0.3) is 5.91 Å². The van der Waals surface area contributed by atoms with E-state index in [0.29, 0.717) is 10.2 Å². The number of carbonyl (C=O) groups excluding carboxylic acids is 1. The molecule has 0 aliphatic heterocycles. The molecule has 0 aliphatic carbocycles. The Morgan fingerprint density at radius 3 is 2.71 bits per heavy atom. The van der Waals surface area contributed by atoms with Gasteiger partial charge in [0, 0.05) is 10.5 Å². The number of H-pyrrole nitrogens is 1. The first kappa shape index (κ1) is 15.5. The third-order valence-electron chi connectivity index (χ3n) is 2.33. The highest BCUT2D eigenvalue weighted by Gasteiger charge is 2.11. The zero-order valence-corrected chi connectivity index (χ0v) is 13.6. The third kappa shape index (κ3) is 4.30. The lowest BCUT2D eigenvalue weighted by Crippen LogP contribution is -2.20. The van der Waals surface area contributed by atoms with Crippen molar-refractivity contribution in [3.8, 4) is 5.75 Å². The number of hydrogen-bond donors (Lipinski definition) is 3. The Hall–Kier alpha value is -1.87. The van der Waals surface area contributed by atoms with Crippen molar-refractivity contribution >= 4 is 49.6 Å². The number of anilines is 1. The van der Waals surface area contributed by atoms with Crippen molar-refractivity contribution in [1.29, 1.82) is 0 Å². The van der Waals surface area contributed by atoms with Crippen molar-refractivity contribution in [3.63, 3.8) is 0 Å². The minimum Gasteiger partial charge on any atom is -0.483 e. The summed E-state index contributed by atoms with van der Waals surface area (Å²) < 4.78 is 6.93. The first-order valence-electron chi connectivity index (χ1n) is 5.62. The molecule has 0 fully saturated rings. The maximum atomic E-state index is 11.7. The van der Waals surface area contributed by atoms with Gasteiger partial charge in [0.1, 0.15) is 11.4 Å². The number of rotatable bonds is 5. The summed E-state index contributed by atoms with van der Waals surface area (Å²) >= 11 is 6.62. The summed E-state index contributed by atoms with van der Waals surface area (Å²) in [6, 6.07) is 6.50. The van der Waals surface area contributed by atoms with E-state index >= 15 is 0 Å². The largest absolute Gasteiger partial charge is 0.483 e. The molecule has 0 saturated heterocycles. The number of carboxylic acids is 1. The summed E-state index contributed by atoms with van der Waals surface area (Å²) in [4.78, 5) is 22.3. The van der Waals surface area contributed by atoms with E-state index < -0.39 is 11.9 Å². The van der Waals surface area contributed by atoms with E-state index in [1.54, 1.807) is 18.2 Å². The average Bonchev–Trinajstić information content (AvgIpc) is 2.86. The fraction of sp³-hybridized carbons (Fsp3) is 0.0833. The molecule has 2 rings (SSSR count). The average molecular weight is 419 g/mol. The van der Waals surface area contributed by atoms with E-state index in [9.17, 15) is 9.59 Å². The second kappa shape index (κ2) is 6.72. The number of ether oxygens (including phenoxy) is 1. The van der Waals surface area contributed by atoms with Gasteiger partial charge in [-0.15, -0.1) is 0 Å². The Morgan fingerprint density at radius 1 is 1.33 bits per heavy atom. The Bertz CT molecular complexity index is 687. The standard InChI is InChI=1S/C12H9Br2N3O4/c13-6-1-2-9(7(14)3-6)21-5-11(18)15-10-4-8(12(19)20)16-17-10/h1-4H,5H2,(H,19,20)(H2,15,16,17,18). The van der Waals surface area contributed by atoms with E-state index in [1.807, 2.05) is 0 Å². The molecule has 3 N–H and O–H groups in total. The predicted octanol–water partition coefficient (Wildman–Crippen LogP) is 2.65. The summed E-state index contributed by atoms with van der Waals surface area (Å²) in [5, 5.41) is 17.1. The number of amides is 1. The van der Waals surface area contributed by atoms with Gasteiger partial charge < -0.3 is 15.2 Å². The molecule has 1 aromatic heterocycles. The van der Waals surface area contributed by atoms with Crippen LogP contribution in [-0.4, -0.2) is 33.8 Å². The van der Waals surface area contributed by atoms with Gasteiger partial charge in [-0.2, -0.15) is 5.10 Å². The molecule has 2 aromatic rings. The first-order chi connectivity index (χ1) is 9.95. The molecule has 21 heavy (non-hydrogen) atoms. The fourth-order valence-corrected chi connectivity index (χ4v) is 2.57. The van der Waals surface area contributed by atoms with Crippen molar-refractivity contribution in [2.75, 3.05) is 11.9 Å². The molecule has 110 valence electrons. The summed E-state index contributed by atoms with van der Waals surface area (Å²) in [5.74, 6) is -0.969. The molecular formula is C12H9Br2N3O4. The van der Waals surface area contributed by atoms with Gasteiger partial charge >= 0.3 is 5.97 Å². The summed E-state index contributed by atoms with van der Waals surface area (Å²) in [7, 11) is 0. The molecule has 1 aromatic carbocycles. The molecule has 0 atom stereocenters. The second-order valence-corrected chi connectivity index (χ2v) is 5.65. The van der Waals surface area contributed by atoms with Gasteiger partial charge in [-0.05, 0) is 34.1 Å². The number of aromatic nitrogens is 2. The number of aromatic carboxylic acids is 1. The molecule has 0 unspecified atom stereocenters. The van der Waals surface area contributed by atoms with Crippen molar-refractivity contribution in [3.05, 3.63) is 38.9 Å². The highest BCUT2D eigenvalue weighted by Crippen LogP contribution is 2.28. The maximum Gasteiger partial charge on any atom is 0.353 e. The van der Waals surface area contributed by atoms with Crippen LogP contribution < -0.4 is 10.1 Å². The van der Waals surface area contributed by atoms with E-state index in [4.69, 9.17) is 9.84 Å². The zero-order chi connectivity index (χ0) is 15.4. The quantitative estimate of drug-likeness (QED) is 0.692. The van der Waals surface area contributed by atoms with Crippen LogP contribution in [0.15, 0.2) is 33.2 Å². The number of nitrogens with zero attached hydrogens (tertiary/aromatic N) is 1. The van der Waals surface area contributed by atoms with Crippen molar-refractivity contribution in [2.24, 2.45) is 0 Å². The van der Waals surface area contributed by atoms with Crippen LogP contribution in [-0.2, 0) is 4.79 Å². The summed E-state index contributed by atoms with van der Waals surface area (Å²) in [6.07, 6.45) is 0. The van der Waals surface area contributed by atoms with Crippen LogP contribution in [0.5, 0.6) is 5.75 Å². The smallest absolute Gasteiger partial charge is 0.353 e. The fourth-order valence-electron chi connectivity index (χ4n) is 1.41. The molecule has 0 radical (unpaired) electrons. The normalized spacial score (nSPS) is 10.2. The van der Waals surface area contributed by atoms with Crippen LogP contribution in [0.2, 0.25) is 0 Å². The highest BCUT2D eigenvalue weighted by molar-refractivity contribution is 9.11. The van der Waals surface area contributed by atoms with Gasteiger partial charge in [-0.3, -0.25) is 9.89 Å². The van der Waals surface area contributed by atoms with Gasteiger partial charge in [0.15, 0.2) is 12.4 Å². The molecule has 9 heteroatoms. The lowest BCUT2D eigenvalue weighted by atomic mass is 10.3. The number of benzene rings is 1. The monoisotopic (exact) mass is 417 g/mol. The third-order valence-corrected chi connectivity index (χ3v) is 3.44. The number of carbonyl (C=O) groups is 2. The lowest BCUT2D eigenvalue weighted by Gasteiger charge is -2.07. The minimum absolute atomic E-state index is 0.109. The van der Waals surface area contributed by atoms with Crippen LogP contribution in [0.25, 0.3) is 0 Å². The highest BCUT2D eigenvalue weighted by atomic mass is 79.9. The summed E-state index contributed by atoms with van der Waals surface area (Å²) in [5.41, 5.74) is -0.109. The zero-order valence-electron chi connectivity index (χ0n) is 10.4. The van der Waals surface area contributed by atoms with Crippen LogP contribution in [0, 0.1) is 0 Å². The Balaban J connectivity index is 1.91. The maximum absolute atomic E-state index is 11.7. The van der Waals surface area contributed by atoms with E-state index in [2.05, 4.69) is 47.4 Å². The SMILES string of the molecule is O=C(COc1ccc(Br)cc1Br)Nc1cc(C(=O)O)[nH]n1. The topological polar surface area (TPSA) is 104 Å². The van der Waals surface area contributed by atoms with Crippen LogP contribution in [0.4, 0.5) is 5.82 Å². The van der Waals surface area contributed by atoms with Gasteiger partial charge in [0.2, 0.25) is 0 Å². The molecular weight excluding hydrogens is 410 g/mol. The van der Waals surface area contributed by atoms with Gasteiger partial charge in [0.05, 0.1) is 4.47 Å². The van der Waals surface area contributed by atoms with Crippen molar-refractivity contribution in [2.45, 2.75) is 0 Å². The number of nitrogens with one attached hydrogen (secondary N) is 2. The number of carboxylic acid groups (broad SMARTS) is 1. The van der Waals surface area contributed by atoms with Crippen LogP contribution >= 0.6 is 31.9 Å². The molecule has 0 aliphatic rings. The van der Waals surface area contributed by atoms with E-state index in [1.165, 1.54) is 6.07 Å². The minimum atomic E-state index is -1.15. The summed E-state index contributed by atoms with van der Waals surface area (Å²) in [6.45, 7) is -0.227. The Morgan fingerprint density at radius 2 is 2.10 bits per heavy atom. The van der Waals surface area contributed by atoms with Crippen LogP contribution in [0.3, 0.4) is 0 Å². The number of halogens is 2.